The highest BCUT2D eigenvalue weighted by Crippen LogP contribution is 2.19. The number of carbonyl (C=O) groups excluding carboxylic acids is 3. The summed E-state index contributed by atoms with van der Waals surface area (Å²) in [6, 6.07) is 1.64. The Morgan fingerprint density at radius 3 is 2.15 bits per heavy atom. The van der Waals surface area contributed by atoms with E-state index >= 15 is 0 Å². The molecule has 0 aliphatic heterocycles. The second-order valence-corrected chi connectivity index (χ2v) is 9.53. The van der Waals surface area contributed by atoms with Gasteiger partial charge in [-0.1, -0.05) is 38.5 Å². The Balaban J connectivity index is 2.18. The summed E-state index contributed by atoms with van der Waals surface area (Å²) >= 11 is 0. The molecule has 0 aliphatic rings. The van der Waals surface area contributed by atoms with Crippen molar-refractivity contribution in [2.75, 3.05) is 0 Å². The van der Waals surface area contributed by atoms with E-state index in [2.05, 4.69) is 20.9 Å². The van der Waals surface area contributed by atoms with Crippen LogP contribution in [0.2, 0.25) is 0 Å². The van der Waals surface area contributed by atoms with Crippen LogP contribution < -0.4 is 21.7 Å². The molecule has 0 radical (unpaired) electrons. The number of carboxylic acid groups (broad SMARTS) is 3. The second-order valence-electron chi connectivity index (χ2n) is 9.53. The minimum Gasteiger partial charge on any atom is -0.481 e. The van der Waals surface area contributed by atoms with Crippen molar-refractivity contribution < 1.29 is 44.1 Å². The number of hydrogen-bond acceptors (Lipinski definition) is 7. The molecule has 0 saturated heterocycles. The first-order valence-corrected chi connectivity index (χ1v) is 12.7. The molecule has 5 atom stereocenters. The molecule has 1 aromatic carbocycles. The van der Waals surface area contributed by atoms with Crippen molar-refractivity contribution in [3.63, 3.8) is 0 Å². The zero-order chi connectivity index (χ0) is 30.0. The molecule has 1 heterocycles. The lowest BCUT2D eigenvalue weighted by Crippen LogP contribution is -2.59. The van der Waals surface area contributed by atoms with E-state index in [9.17, 15) is 39.0 Å². The Labute approximate surface area is 229 Å². The van der Waals surface area contributed by atoms with Crippen molar-refractivity contribution in [1.82, 2.24) is 20.9 Å². The number of hydrogen-bond donors (Lipinski definition) is 8. The van der Waals surface area contributed by atoms with Crippen molar-refractivity contribution in [3.05, 3.63) is 36.0 Å². The summed E-state index contributed by atoms with van der Waals surface area (Å²) in [5.74, 6) is -7.11. The van der Waals surface area contributed by atoms with E-state index in [4.69, 9.17) is 10.8 Å². The zero-order valence-electron chi connectivity index (χ0n) is 22.2. The van der Waals surface area contributed by atoms with Crippen molar-refractivity contribution >= 4 is 46.5 Å². The van der Waals surface area contributed by atoms with E-state index in [-0.39, 0.29) is 19.3 Å². The van der Waals surface area contributed by atoms with Crippen LogP contribution in [0.4, 0.5) is 0 Å². The molecule has 0 bridgehead atoms. The van der Waals surface area contributed by atoms with Gasteiger partial charge in [0, 0.05) is 29.9 Å². The number of rotatable bonds is 16. The van der Waals surface area contributed by atoms with Gasteiger partial charge in [0.05, 0.1) is 12.5 Å². The summed E-state index contributed by atoms with van der Waals surface area (Å²) in [6.45, 7) is 3.38. The number of H-pyrrole nitrogens is 1. The molecule has 218 valence electrons. The van der Waals surface area contributed by atoms with Crippen molar-refractivity contribution in [3.8, 4) is 0 Å². The Bertz CT molecular complexity index is 1240. The molecule has 2 aromatic rings. The van der Waals surface area contributed by atoms with Crippen LogP contribution in [0.3, 0.4) is 0 Å². The Kier molecular flexibility index (Phi) is 11.6. The van der Waals surface area contributed by atoms with E-state index in [1.807, 2.05) is 0 Å². The number of aliphatic carboxylic acids is 3. The molecule has 14 nitrogen and oxygen atoms in total. The fourth-order valence-corrected chi connectivity index (χ4v) is 4.01. The van der Waals surface area contributed by atoms with Gasteiger partial charge in [0.1, 0.15) is 18.1 Å². The molecular weight excluding hydrogens is 526 g/mol. The largest absolute Gasteiger partial charge is 0.481 e. The predicted molar refractivity (Wildman–Crippen MR) is 142 cm³/mol. The standard InChI is InChI=1S/C26H35N5O9/c1-3-13(2)22(31-23(36)16(27)8-9-20(32)33)25(38)29-18(11-21(34)35)24(37)30-19(26(39)40)10-14-12-28-17-7-5-4-6-15(14)17/h4-7,12-13,16,18-19,22,28H,3,8-11,27H2,1-2H3,(H,29,38)(H,30,37)(H,31,36)(H,32,33)(H,34,35)(H,39,40). The first kappa shape index (κ1) is 31.8. The molecule has 0 spiro atoms. The molecule has 0 saturated carbocycles. The summed E-state index contributed by atoms with van der Waals surface area (Å²) in [5.41, 5.74) is 7.12. The molecule has 3 amide bonds. The molecule has 40 heavy (non-hydrogen) atoms. The molecule has 5 unspecified atom stereocenters. The second kappa shape index (κ2) is 14.6. The maximum absolute atomic E-state index is 13.1. The van der Waals surface area contributed by atoms with E-state index in [1.54, 1.807) is 44.3 Å². The number of benzene rings is 1. The summed E-state index contributed by atoms with van der Waals surface area (Å²) in [7, 11) is 0. The molecule has 0 fully saturated rings. The lowest BCUT2D eigenvalue weighted by Gasteiger charge is -2.27. The van der Waals surface area contributed by atoms with Crippen LogP contribution in [-0.2, 0) is 35.2 Å². The summed E-state index contributed by atoms with van der Waals surface area (Å²) in [6.07, 6.45) is 0.523. The van der Waals surface area contributed by atoms with Crippen molar-refractivity contribution in [2.24, 2.45) is 11.7 Å². The van der Waals surface area contributed by atoms with E-state index in [1.165, 1.54) is 0 Å². The highest BCUT2D eigenvalue weighted by molar-refractivity contribution is 5.96. The average molecular weight is 562 g/mol. The topological polar surface area (TPSA) is 241 Å². The molecular formula is C26H35N5O9. The minimum absolute atomic E-state index is 0.112. The van der Waals surface area contributed by atoms with Crippen LogP contribution in [0.25, 0.3) is 10.9 Å². The Hall–Kier alpha value is -4.46. The molecule has 9 N–H and O–H groups in total. The van der Waals surface area contributed by atoms with Crippen LogP contribution in [0.5, 0.6) is 0 Å². The lowest BCUT2D eigenvalue weighted by atomic mass is 9.97. The number of aromatic nitrogens is 1. The number of nitrogens with one attached hydrogen (secondary N) is 4. The summed E-state index contributed by atoms with van der Waals surface area (Å²) in [5, 5.41) is 35.7. The maximum Gasteiger partial charge on any atom is 0.326 e. The smallest absolute Gasteiger partial charge is 0.326 e. The SMILES string of the molecule is CCC(C)C(NC(=O)C(N)CCC(=O)O)C(=O)NC(CC(=O)O)C(=O)NC(Cc1c[nH]c2ccccc12)C(=O)O. The first-order valence-electron chi connectivity index (χ1n) is 12.7. The molecule has 2 rings (SSSR count). The average Bonchev–Trinajstić information content (AvgIpc) is 3.31. The lowest BCUT2D eigenvalue weighted by molar-refractivity contribution is -0.144. The van der Waals surface area contributed by atoms with Gasteiger partial charge in [-0.2, -0.15) is 0 Å². The number of para-hydroxylation sites is 1. The van der Waals surface area contributed by atoms with Gasteiger partial charge in [-0.25, -0.2) is 4.79 Å². The number of aromatic amines is 1. The van der Waals surface area contributed by atoms with Crippen molar-refractivity contribution in [1.29, 1.82) is 0 Å². The van der Waals surface area contributed by atoms with E-state index < -0.39 is 72.1 Å². The van der Waals surface area contributed by atoms with Gasteiger partial charge >= 0.3 is 17.9 Å². The third-order valence-electron chi connectivity index (χ3n) is 6.52. The van der Waals surface area contributed by atoms with Gasteiger partial charge in [0.15, 0.2) is 0 Å². The van der Waals surface area contributed by atoms with Crippen LogP contribution in [0.1, 0.15) is 45.1 Å². The van der Waals surface area contributed by atoms with Crippen LogP contribution in [0.15, 0.2) is 30.5 Å². The van der Waals surface area contributed by atoms with Crippen LogP contribution >= 0.6 is 0 Å². The number of fused-ring (bicyclic) bond motifs is 1. The van der Waals surface area contributed by atoms with Gasteiger partial charge in [-0.15, -0.1) is 0 Å². The van der Waals surface area contributed by atoms with Crippen molar-refractivity contribution in [2.45, 2.75) is 70.1 Å². The Morgan fingerprint density at radius 1 is 0.900 bits per heavy atom. The molecule has 1 aromatic heterocycles. The highest BCUT2D eigenvalue weighted by atomic mass is 16.4. The third-order valence-corrected chi connectivity index (χ3v) is 6.52. The van der Waals surface area contributed by atoms with Gasteiger partial charge in [-0.05, 0) is 24.0 Å². The quantitative estimate of drug-likeness (QED) is 0.136. The fraction of sp³-hybridized carbons (Fsp3) is 0.462. The predicted octanol–water partition coefficient (Wildman–Crippen LogP) is -0.0377. The summed E-state index contributed by atoms with van der Waals surface area (Å²) < 4.78 is 0. The van der Waals surface area contributed by atoms with Gasteiger partial charge < -0.3 is 42.0 Å². The molecule has 0 aliphatic carbocycles. The number of nitrogens with two attached hydrogens (primary N) is 1. The molecule has 14 heteroatoms. The van der Waals surface area contributed by atoms with E-state index in [0.29, 0.717) is 12.0 Å². The first-order chi connectivity index (χ1) is 18.8. The Morgan fingerprint density at radius 2 is 1.55 bits per heavy atom. The van der Waals surface area contributed by atoms with Gasteiger partial charge in [-0.3, -0.25) is 24.0 Å². The summed E-state index contributed by atoms with van der Waals surface area (Å²) in [4.78, 5) is 75.9. The monoisotopic (exact) mass is 561 g/mol. The van der Waals surface area contributed by atoms with Gasteiger partial charge in [0.25, 0.3) is 0 Å². The van der Waals surface area contributed by atoms with Crippen LogP contribution in [-0.4, -0.2) is 80.1 Å². The number of amides is 3. The van der Waals surface area contributed by atoms with Gasteiger partial charge in [0.2, 0.25) is 17.7 Å². The maximum atomic E-state index is 13.1. The normalized spacial score (nSPS) is 14.8. The van der Waals surface area contributed by atoms with Crippen LogP contribution in [0, 0.1) is 5.92 Å². The fourth-order valence-electron chi connectivity index (χ4n) is 4.01. The highest BCUT2D eigenvalue weighted by Gasteiger charge is 2.33. The number of carbonyl (C=O) groups is 6. The third kappa shape index (κ3) is 9.08. The number of carboxylic acids is 3. The minimum atomic E-state index is -1.65. The zero-order valence-corrected chi connectivity index (χ0v) is 22.2. The van der Waals surface area contributed by atoms with E-state index in [0.717, 1.165) is 10.9 Å².